The molecule has 0 unspecified atom stereocenters. The van der Waals surface area contributed by atoms with E-state index in [4.69, 9.17) is 4.74 Å². The third-order valence-corrected chi connectivity index (χ3v) is 5.82. The molecule has 1 aromatic heterocycles. The topological polar surface area (TPSA) is 63.5 Å². The minimum atomic E-state index is -1.02. The molecule has 6 heteroatoms. The van der Waals surface area contributed by atoms with Crippen molar-refractivity contribution in [1.29, 1.82) is 0 Å². The number of carboxylic acid groups (broad SMARTS) is 1. The smallest absolute Gasteiger partial charge is 0.352 e. The van der Waals surface area contributed by atoms with Gasteiger partial charge in [0, 0.05) is 30.1 Å². The molecule has 0 spiro atoms. The van der Waals surface area contributed by atoms with Gasteiger partial charge in [0.15, 0.2) is 0 Å². The molecule has 0 aliphatic rings. The normalized spacial score (nSPS) is 11.1. The van der Waals surface area contributed by atoms with Crippen LogP contribution in [0.3, 0.4) is 0 Å². The van der Waals surface area contributed by atoms with Crippen LogP contribution in [0.4, 0.5) is 4.39 Å². The van der Waals surface area contributed by atoms with E-state index in [-0.39, 0.29) is 18.1 Å². The van der Waals surface area contributed by atoms with Crippen LogP contribution in [0.2, 0.25) is 0 Å². The monoisotopic (exact) mass is 446 g/mol. The fraction of sp³-hybridized carbons (Fsp3) is 0.222. The number of ether oxygens (including phenoxy) is 1. The second kappa shape index (κ2) is 9.88. The van der Waals surface area contributed by atoms with E-state index in [2.05, 4.69) is 36.5 Å². The number of aromatic carboxylic acids is 1. The van der Waals surface area contributed by atoms with Crippen LogP contribution in [0.1, 0.15) is 32.7 Å². The zero-order valence-electron chi connectivity index (χ0n) is 18.8. The molecular weight excluding hydrogens is 419 g/mol. The maximum Gasteiger partial charge on any atom is 0.352 e. The Balaban J connectivity index is 1.66. The fourth-order valence-corrected chi connectivity index (χ4v) is 4.13. The van der Waals surface area contributed by atoms with Crippen molar-refractivity contribution < 1.29 is 19.0 Å². The van der Waals surface area contributed by atoms with E-state index >= 15 is 0 Å². The van der Waals surface area contributed by atoms with Crippen LogP contribution < -0.4 is 10.1 Å². The number of fused-ring (bicyclic) bond motifs is 1. The average Bonchev–Trinajstić information content (AvgIpc) is 3.10. The van der Waals surface area contributed by atoms with Crippen LogP contribution in [0.25, 0.3) is 10.9 Å². The van der Waals surface area contributed by atoms with Crippen molar-refractivity contribution in [1.82, 2.24) is 9.88 Å². The van der Waals surface area contributed by atoms with Gasteiger partial charge in [0.1, 0.15) is 17.3 Å². The standard InChI is InChI=1S/C27H27FN2O3/c1-18-6-8-19(9-7-18)12-13-29-16-24-23-11-10-22(33-2)15-25(23)30(26(24)27(31)32)17-20-4-3-5-21(28)14-20/h3-11,14-15,29H,12-13,16-17H2,1-2H3,(H,31,32). The lowest BCUT2D eigenvalue weighted by atomic mass is 10.1. The van der Waals surface area contributed by atoms with E-state index in [1.165, 1.54) is 23.3 Å². The van der Waals surface area contributed by atoms with Crippen molar-refractivity contribution >= 4 is 16.9 Å². The minimum absolute atomic E-state index is 0.199. The Hall–Kier alpha value is -3.64. The van der Waals surface area contributed by atoms with Gasteiger partial charge in [0.05, 0.1) is 12.6 Å². The Bertz CT molecular complexity index is 1280. The maximum absolute atomic E-state index is 13.8. The van der Waals surface area contributed by atoms with Crippen molar-refractivity contribution in [3.05, 3.63) is 100 Å². The highest BCUT2D eigenvalue weighted by atomic mass is 19.1. The first kappa shape index (κ1) is 22.6. The molecule has 0 saturated carbocycles. The lowest BCUT2D eigenvalue weighted by Crippen LogP contribution is -2.19. The number of carbonyl (C=O) groups is 1. The molecular formula is C27H27FN2O3. The van der Waals surface area contributed by atoms with Crippen LogP contribution in [0.15, 0.2) is 66.7 Å². The zero-order valence-corrected chi connectivity index (χ0v) is 18.8. The van der Waals surface area contributed by atoms with Gasteiger partial charge in [-0.2, -0.15) is 0 Å². The summed E-state index contributed by atoms with van der Waals surface area (Å²) in [6, 6.07) is 20.2. The molecule has 3 aromatic carbocycles. The van der Waals surface area contributed by atoms with Crippen LogP contribution in [0, 0.1) is 12.7 Å². The van der Waals surface area contributed by atoms with Gasteiger partial charge in [-0.25, -0.2) is 9.18 Å². The summed E-state index contributed by atoms with van der Waals surface area (Å²) in [4.78, 5) is 12.4. The molecule has 1 heterocycles. The molecule has 0 fully saturated rings. The maximum atomic E-state index is 13.8. The number of nitrogens with zero attached hydrogens (tertiary/aromatic N) is 1. The summed E-state index contributed by atoms with van der Waals surface area (Å²) in [7, 11) is 1.58. The fourth-order valence-electron chi connectivity index (χ4n) is 4.13. The number of methoxy groups -OCH3 is 1. The molecule has 2 N–H and O–H groups in total. The third kappa shape index (κ3) is 5.07. The number of hydrogen-bond acceptors (Lipinski definition) is 3. The van der Waals surface area contributed by atoms with Crippen molar-refractivity contribution in [3.8, 4) is 5.75 Å². The summed E-state index contributed by atoms with van der Waals surface area (Å²) in [5.74, 6) is -0.732. The minimum Gasteiger partial charge on any atom is -0.497 e. The molecule has 0 aliphatic heterocycles. The Labute approximate surface area is 192 Å². The highest BCUT2D eigenvalue weighted by molar-refractivity contribution is 5.98. The number of aromatic nitrogens is 1. The number of carboxylic acids is 1. The number of nitrogens with one attached hydrogen (secondary N) is 1. The van der Waals surface area contributed by atoms with E-state index in [1.54, 1.807) is 23.8 Å². The van der Waals surface area contributed by atoms with Gasteiger partial charge in [0.2, 0.25) is 0 Å². The van der Waals surface area contributed by atoms with Crippen LogP contribution >= 0.6 is 0 Å². The number of rotatable bonds is 9. The predicted molar refractivity (Wildman–Crippen MR) is 128 cm³/mol. The number of benzene rings is 3. The highest BCUT2D eigenvalue weighted by Gasteiger charge is 2.23. The van der Waals surface area contributed by atoms with Gasteiger partial charge in [-0.05, 0) is 55.3 Å². The van der Waals surface area contributed by atoms with Gasteiger partial charge in [-0.15, -0.1) is 0 Å². The Morgan fingerprint density at radius 3 is 2.55 bits per heavy atom. The summed E-state index contributed by atoms with van der Waals surface area (Å²) in [6.45, 7) is 3.43. The van der Waals surface area contributed by atoms with Crippen molar-refractivity contribution in [2.75, 3.05) is 13.7 Å². The summed E-state index contributed by atoms with van der Waals surface area (Å²) in [5.41, 5.74) is 4.79. The first-order valence-corrected chi connectivity index (χ1v) is 10.9. The zero-order chi connectivity index (χ0) is 23.4. The average molecular weight is 447 g/mol. The largest absolute Gasteiger partial charge is 0.497 e. The summed E-state index contributed by atoms with van der Waals surface area (Å²) in [5, 5.41) is 14.4. The van der Waals surface area contributed by atoms with Crippen LogP contribution in [0.5, 0.6) is 5.75 Å². The molecule has 0 aliphatic carbocycles. The van der Waals surface area contributed by atoms with E-state index in [9.17, 15) is 14.3 Å². The quantitative estimate of drug-likeness (QED) is 0.348. The number of aryl methyl sites for hydroxylation is 1. The van der Waals surface area contributed by atoms with Gasteiger partial charge < -0.3 is 19.7 Å². The van der Waals surface area contributed by atoms with Crippen LogP contribution in [-0.2, 0) is 19.5 Å². The molecule has 0 radical (unpaired) electrons. The summed E-state index contributed by atoms with van der Waals surface area (Å²) >= 11 is 0. The molecule has 0 atom stereocenters. The Morgan fingerprint density at radius 1 is 1.06 bits per heavy atom. The van der Waals surface area contributed by atoms with E-state index in [1.807, 2.05) is 18.2 Å². The summed E-state index contributed by atoms with van der Waals surface area (Å²) in [6.07, 6.45) is 0.846. The number of hydrogen-bond donors (Lipinski definition) is 2. The molecule has 33 heavy (non-hydrogen) atoms. The molecule has 0 bridgehead atoms. The second-order valence-corrected chi connectivity index (χ2v) is 8.14. The van der Waals surface area contributed by atoms with Gasteiger partial charge in [0.25, 0.3) is 0 Å². The van der Waals surface area contributed by atoms with Gasteiger partial charge in [-0.1, -0.05) is 42.0 Å². The highest BCUT2D eigenvalue weighted by Crippen LogP contribution is 2.30. The van der Waals surface area contributed by atoms with Crippen molar-refractivity contribution in [2.24, 2.45) is 0 Å². The molecule has 170 valence electrons. The third-order valence-electron chi connectivity index (χ3n) is 5.82. The van der Waals surface area contributed by atoms with Gasteiger partial charge >= 0.3 is 5.97 Å². The first-order chi connectivity index (χ1) is 16.0. The van der Waals surface area contributed by atoms with E-state index in [0.717, 1.165) is 23.9 Å². The summed E-state index contributed by atoms with van der Waals surface area (Å²) < 4.78 is 20.9. The van der Waals surface area contributed by atoms with Crippen molar-refractivity contribution in [3.63, 3.8) is 0 Å². The lowest BCUT2D eigenvalue weighted by molar-refractivity contribution is 0.0684. The van der Waals surface area contributed by atoms with E-state index < -0.39 is 5.97 Å². The van der Waals surface area contributed by atoms with E-state index in [0.29, 0.717) is 23.4 Å². The molecule has 5 nitrogen and oxygen atoms in total. The van der Waals surface area contributed by atoms with Crippen LogP contribution in [-0.4, -0.2) is 29.3 Å². The Morgan fingerprint density at radius 2 is 1.85 bits per heavy atom. The molecule has 4 rings (SSSR count). The number of halogens is 1. The van der Waals surface area contributed by atoms with Gasteiger partial charge in [-0.3, -0.25) is 0 Å². The predicted octanol–water partition coefficient (Wildman–Crippen LogP) is 5.18. The molecule has 4 aromatic rings. The molecule has 0 saturated heterocycles. The second-order valence-electron chi connectivity index (χ2n) is 8.14. The molecule has 0 amide bonds. The lowest BCUT2D eigenvalue weighted by Gasteiger charge is -2.10. The van der Waals surface area contributed by atoms with Crippen molar-refractivity contribution in [2.45, 2.75) is 26.4 Å². The first-order valence-electron chi connectivity index (χ1n) is 10.9. The SMILES string of the molecule is COc1ccc2c(CNCCc3ccc(C)cc3)c(C(=O)O)n(Cc3cccc(F)c3)c2c1. The Kier molecular flexibility index (Phi) is 6.75.